The number of rotatable bonds is 5. The van der Waals surface area contributed by atoms with Crippen LogP contribution in [-0.4, -0.2) is 33.0 Å². The van der Waals surface area contributed by atoms with E-state index in [2.05, 4.69) is 5.32 Å². The number of nitrogens with one attached hydrogen (secondary N) is 1. The Morgan fingerprint density at radius 3 is 2.10 bits per heavy atom. The molecule has 0 radical (unpaired) electrons. The Kier molecular flexibility index (Phi) is 5.67. The molecule has 4 rings (SSSR count). The number of Topliss-reactive ketones (excluding diaryl/α,β-unsaturated/α-hetero) is 1. The molecule has 1 heterocycles. The fourth-order valence-electron chi connectivity index (χ4n) is 4.51. The first-order valence-electron chi connectivity index (χ1n) is 10.1. The Balaban J connectivity index is 1.72. The smallest absolute Gasteiger partial charge is 0.225 e. The molecule has 162 valence electrons. The highest BCUT2D eigenvalue weighted by Crippen LogP contribution is 2.46. The van der Waals surface area contributed by atoms with Crippen LogP contribution in [0.25, 0.3) is 0 Å². The topological polar surface area (TPSA) is 73.9 Å². The lowest BCUT2D eigenvalue weighted by molar-refractivity contribution is -0.122. The minimum Gasteiger partial charge on any atom is -0.493 e. The lowest BCUT2D eigenvalue weighted by Crippen LogP contribution is -2.38. The van der Waals surface area contributed by atoms with Crippen molar-refractivity contribution >= 4 is 11.7 Å². The highest BCUT2D eigenvalue weighted by atomic mass is 19.1. The zero-order valence-corrected chi connectivity index (χ0v) is 17.7. The first-order chi connectivity index (χ1) is 14.9. The molecule has 1 amide bonds. The van der Waals surface area contributed by atoms with E-state index in [9.17, 15) is 14.0 Å². The van der Waals surface area contributed by atoms with E-state index in [-0.39, 0.29) is 35.8 Å². The number of carbonyl (C=O) groups excluding carboxylic acids is 2. The van der Waals surface area contributed by atoms with E-state index in [1.807, 2.05) is 12.1 Å². The van der Waals surface area contributed by atoms with Gasteiger partial charge in [-0.15, -0.1) is 0 Å². The van der Waals surface area contributed by atoms with Crippen LogP contribution in [0, 0.1) is 5.82 Å². The molecule has 2 unspecified atom stereocenters. The molecular weight excluding hydrogens is 401 g/mol. The van der Waals surface area contributed by atoms with Gasteiger partial charge in [0.15, 0.2) is 17.3 Å². The maximum atomic E-state index is 13.4. The van der Waals surface area contributed by atoms with Gasteiger partial charge in [-0.2, -0.15) is 0 Å². The third-order valence-electron chi connectivity index (χ3n) is 5.97. The van der Waals surface area contributed by atoms with Gasteiger partial charge < -0.3 is 19.5 Å². The van der Waals surface area contributed by atoms with Crippen molar-refractivity contribution in [2.45, 2.75) is 31.1 Å². The summed E-state index contributed by atoms with van der Waals surface area (Å²) in [7, 11) is 4.62. The van der Waals surface area contributed by atoms with Crippen LogP contribution < -0.4 is 19.5 Å². The molecular formula is C24H24FNO5. The van der Waals surface area contributed by atoms with Gasteiger partial charge >= 0.3 is 0 Å². The SMILES string of the molecule is COc1cc(C2CC(=O)C3=C(C2)NC(=O)CC3c2ccc(F)cc2)cc(OC)c1OC. The number of halogens is 1. The molecule has 0 saturated heterocycles. The quantitative estimate of drug-likeness (QED) is 0.788. The molecule has 1 aliphatic heterocycles. The van der Waals surface area contributed by atoms with E-state index in [1.165, 1.54) is 19.2 Å². The van der Waals surface area contributed by atoms with Crippen molar-refractivity contribution in [1.29, 1.82) is 0 Å². The van der Waals surface area contributed by atoms with Crippen LogP contribution in [0.1, 0.15) is 42.2 Å². The maximum absolute atomic E-state index is 13.4. The summed E-state index contributed by atoms with van der Waals surface area (Å²) in [6.07, 6.45) is 0.971. The van der Waals surface area contributed by atoms with Crippen molar-refractivity contribution in [3.8, 4) is 17.2 Å². The third-order valence-corrected chi connectivity index (χ3v) is 5.97. The molecule has 0 bridgehead atoms. The molecule has 6 nitrogen and oxygen atoms in total. The van der Waals surface area contributed by atoms with E-state index in [0.29, 0.717) is 41.4 Å². The molecule has 1 aliphatic carbocycles. The average molecular weight is 425 g/mol. The van der Waals surface area contributed by atoms with Crippen LogP contribution in [0.2, 0.25) is 0 Å². The van der Waals surface area contributed by atoms with Gasteiger partial charge in [-0.25, -0.2) is 4.39 Å². The zero-order chi connectivity index (χ0) is 22.1. The van der Waals surface area contributed by atoms with Gasteiger partial charge in [0, 0.05) is 30.0 Å². The van der Waals surface area contributed by atoms with Crippen LogP contribution in [0.5, 0.6) is 17.2 Å². The minimum atomic E-state index is -0.363. The van der Waals surface area contributed by atoms with E-state index >= 15 is 0 Å². The van der Waals surface area contributed by atoms with Crippen molar-refractivity contribution in [3.05, 3.63) is 64.6 Å². The third kappa shape index (κ3) is 3.87. The first-order valence-corrected chi connectivity index (χ1v) is 10.1. The van der Waals surface area contributed by atoms with E-state index in [1.54, 1.807) is 26.4 Å². The number of ketones is 1. The van der Waals surface area contributed by atoms with Crippen LogP contribution in [0.3, 0.4) is 0 Å². The Morgan fingerprint density at radius 2 is 1.52 bits per heavy atom. The molecule has 1 N–H and O–H groups in total. The number of benzene rings is 2. The summed E-state index contributed by atoms with van der Waals surface area (Å²) in [4.78, 5) is 25.6. The standard InChI is InChI=1S/C24H24FNO5/c1-29-20-10-15(11-21(30-2)24(20)31-3)14-8-18-23(19(27)9-14)17(12-22(28)26-18)13-4-6-16(25)7-5-13/h4-7,10-11,14,17H,8-9,12H2,1-3H3,(H,26,28). The lowest BCUT2D eigenvalue weighted by atomic mass is 9.73. The molecule has 31 heavy (non-hydrogen) atoms. The van der Waals surface area contributed by atoms with Crippen LogP contribution in [0.4, 0.5) is 4.39 Å². The average Bonchev–Trinajstić information content (AvgIpc) is 2.77. The summed E-state index contributed by atoms with van der Waals surface area (Å²) >= 11 is 0. The summed E-state index contributed by atoms with van der Waals surface area (Å²) in [5, 5.41) is 2.90. The Hall–Kier alpha value is -3.35. The molecule has 2 aliphatic rings. The molecule has 0 spiro atoms. The molecule has 2 aromatic rings. The van der Waals surface area contributed by atoms with Crippen molar-refractivity contribution in [2.24, 2.45) is 0 Å². The second-order valence-electron chi connectivity index (χ2n) is 7.74. The van der Waals surface area contributed by atoms with Crippen LogP contribution in [0.15, 0.2) is 47.7 Å². The van der Waals surface area contributed by atoms with Gasteiger partial charge in [0.1, 0.15) is 5.82 Å². The van der Waals surface area contributed by atoms with Gasteiger partial charge in [0.05, 0.1) is 21.3 Å². The molecule has 2 atom stereocenters. The van der Waals surface area contributed by atoms with Crippen molar-refractivity contribution in [1.82, 2.24) is 5.32 Å². The molecule has 0 saturated carbocycles. The number of hydrogen-bond donors (Lipinski definition) is 1. The Bertz CT molecular complexity index is 1040. The van der Waals surface area contributed by atoms with Crippen molar-refractivity contribution in [2.75, 3.05) is 21.3 Å². The predicted molar refractivity (Wildman–Crippen MR) is 112 cm³/mol. The fourth-order valence-corrected chi connectivity index (χ4v) is 4.51. The number of hydrogen-bond acceptors (Lipinski definition) is 5. The van der Waals surface area contributed by atoms with Gasteiger partial charge in [-0.1, -0.05) is 12.1 Å². The molecule has 7 heteroatoms. The second-order valence-corrected chi connectivity index (χ2v) is 7.74. The zero-order valence-electron chi connectivity index (χ0n) is 17.7. The van der Waals surface area contributed by atoms with Gasteiger partial charge in [0.25, 0.3) is 0 Å². The van der Waals surface area contributed by atoms with Gasteiger partial charge in [0.2, 0.25) is 11.7 Å². The molecule has 0 aromatic heterocycles. The van der Waals surface area contributed by atoms with Crippen molar-refractivity contribution in [3.63, 3.8) is 0 Å². The van der Waals surface area contributed by atoms with Gasteiger partial charge in [-0.3, -0.25) is 9.59 Å². The molecule has 0 fully saturated rings. The van der Waals surface area contributed by atoms with Crippen LogP contribution >= 0.6 is 0 Å². The normalized spacial score (nSPS) is 20.8. The summed E-state index contributed by atoms with van der Waals surface area (Å²) in [6.45, 7) is 0. The van der Waals surface area contributed by atoms with Gasteiger partial charge in [-0.05, 0) is 47.7 Å². The highest BCUT2D eigenvalue weighted by molar-refractivity contribution is 6.02. The van der Waals surface area contributed by atoms with E-state index in [0.717, 1.165) is 11.1 Å². The number of carbonyl (C=O) groups is 2. The first kappa shape index (κ1) is 20.9. The Labute approximate surface area is 180 Å². The highest BCUT2D eigenvalue weighted by Gasteiger charge is 2.38. The largest absolute Gasteiger partial charge is 0.493 e. The monoisotopic (exact) mass is 425 g/mol. The number of amides is 1. The summed E-state index contributed by atoms with van der Waals surface area (Å²) in [5.74, 6) is 0.487. The summed E-state index contributed by atoms with van der Waals surface area (Å²) in [6, 6.07) is 9.67. The predicted octanol–water partition coefficient (Wildman–Crippen LogP) is 3.86. The number of ether oxygens (including phenoxy) is 3. The van der Waals surface area contributed by atoms with Crippen LogP contribution in [-0.2, 0) is 9.59 Å². The Morgan fingerprint density at radius 1 is 0.871 bits per heavy atom. The summed E-state index contributed by atoms with van der Waals surface area (Å²) < 4.78 is 29.6. The fraction of sp³-hybridized carbons (Fsp3) is 0.333. The molecule has 2 aromatic carbocycles. The minimum absolute atomic E-state index is 0.0191. The second kappa shape index (κ2) is 8.41. The number of methoxy groups -OCH3 is 3. The van der Waals surface area contributed by atoms with Crippen molar-refractivity contribution < 1.29 is 28.2 Å². The van der Waals surface area contributed by atoms with E-state index in [4.69, 9.17) is 14.2 Å². The summed E-state index contributed by atoms with van der Waals surface area (Å²) in [5.41, 5.74) is 2.89. The number of allylic oxidation sites excluding steroid dienone is 2. The maximum Gasteiger partial charge on any atom is 0.225 e. The lowest BCUT2D eigenvalue weighted by Gasteiger charge is -2.34. The van der Waals surface area contributed by atoms with E-state index < -0.39 is 0 Å².